The molecule has 5 rings (SSSR count). The average molecular weight is 527 g/mol. The maximum atomic E-state index is 13.7. The van der Waals surface area contributed by atoms with Gasteiger partial charge in [0.05, 0.1) is 11.7 Å². The van der Waals surface area contributed by atoms with Crippen molar-refractivity contribution in [3.63, 3.8) is 0 Å². The summed E-state index contributed by atoms with van der Waals surface area (Å²) in [6.45, 7) is 3.79. The second-order valence-electron chi connectivity index (χ2n) is 10.2. The van der Waals surface area contributed by atoms with Crippen molar-refractivity contribution in [2.24, 2.45) is 13.0 Å². The molecule has 202 valence electrons. The average Bonchev–Trinajstić information content (AvgIpc) is 3.40. The van der Waals surface area contributed by atoms with E-state index in [4.69, 9.17) is 4.52 Å². The number of nitrogens with one attached hydrogen (secondary N) is 2. The lowest BCUT2D eigenvalue weighted by molar-refractivity contribution is 0.0808. The van der Waals surface area contributed by atoms with E-state index in [0.717, 1.165) is 54.0 Å². The molecule has 3 aromatic heterocycles. The Balaban J connectivity index is 1.30. The first-order valence-corrected chi connectivity index (χ1v) is 13.5. The Labute approximate surface area is 228 Å². The second-order valence-corrected chi connectivity index (χ2v) is 10.2. The van der Waals surface area contributed by atoms with Gasteiger partial charge in [-0.25, -0.2) is 4.98 Å². The van der Waals surface area contributed by atoms with Gasteiger partial charge in [-0.1, -0.05) is 30.8 Å². The van der Waals surface area contributed by atoms with Gasteiger partial charge < -0.3 is 15.2 Å². The highest BCUT2D eigenvalue weighted by atomic mass is 16.5. The molecule has 1 aliphatic carbocycles. The van der Waals surface area contributed by atoms with Gasteiger partial charge >= 0.3 is 0 Å². The Morgan fingerprint density at radius 3 is 2.33 bits per heavy atom. The minimum atomic E-state index is -0.581. The molecule has 1 saturated carbocycles. The van der Waals surface area contributed by atoms with Crippen molar-refractivity contribution in [3.8, 4) is 11.1 Å². The van der Waals surface area contributed by atoms with Crippen LogP contribution in [-0.4, -0.2) is 37.7 Å². The first kappa shape index (κ1) is 26.3. The van der Waals surface area contributed by atoms with Crippen LogP contribution in [0.5, 0.6) is 0 Å². The molecular formula is C30H34N6O3. The van der Waals surface area contributed by atoms with Crippen LogP contribution in [0.3, 0.4) is 0 Å². The first-order valence-electron chi connectivity index (χ1n) is 13.5. The SMILES string of the molecule is Cc1noc(C)c1-c1ccc(Nc2ccc(C(=O)[C@@H](NC(=O)c3ccnn3C)C3CCCCCC3)cc2)nc1. The Kier molecular flexibility index (Phi) is 7.86. The van der Waals surface area contributed by atoms with E-state index in [1.54, 1.807) is 25.5 Å². The van der Waals surface area contributed by atoms with Gasteiger partial charge in [0.15, 0.2) is 5.78 Å². The van der Waals surface area contributed by atoms with Gasteiger partial charge in [-0.05, 0) is 75.1 Å². The van der Waals surface area contributed by atoms with Crippen LogP contribution in [0.25, 0.3) is 11.1 Å². The zero-order chi connectivity index (χ0) is 27.4. The highest BCUT2D eigenvalue weighted by Gasteiger charge is 2.31. The lowest BCUT2D eigenvalue weighted by atomic mass is 9.86. The summed E-state index contributed by atoms with van der Waals surface area (Å²) in [5, 5.41) is 14.4. The number of carbonyl (C=O) groups is 2. The number of hydrogen-bond acceptors (Lipinski definition) is 7. The Morgan fingerprint density at radius 2 is 1.74 bits per heavy atom. The van der Waals surface area contributed by atoms with Crippen LogP contribution in [0.15, 0.2) is 59.4 Å². The molecule has 2 N–H and O–H groups in total. The molecule has 9 heteroatoms. The van der Waals surface area contributed by atoms with Crippen LogP contribution in [0.1, 0.15) is 70.8 Å². The van der Waals surface area contributed by atoms with Gasteiger partial charge in [-0.3, -0.25) is 14.3 Å². The first-order chi connectivity index (χ1) is 18.9. The van der Waals surface area contributed by atoms with Crippen LogP contribution in [-0.2, 0) is 7.05 Å². The fraction of sp³-hybridized carbons (Fsp3) is 0.367. The lowest BCUT2D eigenvalue weighted by Crippen LogP contribution is -2.46. The number of anilines is 2. The van der Waals surface area contributed by atoms with Crippen molar-refractivity contribution in [2.75, 3.05) is 5.32 Å². The molecule has 0 aliphatic heterocycles. The predicted molar refractivity (Wildman–Crippen MR) is 149 cm³/mol. The van der Waals surface area contributed by atoms with Crippen molar-refractivity contribution in [2.45, 2.75) is 58.4 Å². The molecule has 0 radical (unpaired) electrons. The van der Waals surface area contributed by atoms with Crippen molar-refractivity contribution >= 4 is 23.2 Å². The standard InChI is InChI=1S/C30H34N6O3/c1-19-27(20(2)39-35-19)23-12-15-26(31-18-23)33-24-13-10-22(11-14-24)29(37)28(21-8-6-4-5-7-9-21)34-30(38)25-16-17-32-36(25)3/h10-18,21,28H,4-9H2,1-3H3,(H,31,33)(H,34,38)/t28-/m0/s1. The minimum Gasteiger partial charge on any atom is -0.361 e. The van der Waals surface area contributed by atoms with E-state index in [2.05, 4.69) is 25.9 Å². The summed E-state index contributed by atoms with van der Waals surface area (Å²) >= 11 is 0. The third kappa shape index (κ3) is 5.92. The summed E-state index contributed by atoms with van der Waals surface area (Å²) in [4.78, 5) is 31.3. The molecule has 0 unspecified atom stereocenters. The van der Waals surface area contributed by atoms with E-state index in [1.165, 1.54) is 17.5 Å². The van der Waals surface area contributed by atoms with Crippen LogP contribution in [0.2, 0.25) is 0 Å². The Morgan fingerprint density at radius 1 is 1.00 bits per heavy atom. The zero-order valence-electron chi connectivity index (χ0n) is 22.6. The molecular weight excluding hydrogens is 492 g/mol. The summed E-state index contributed by atoms with van der Waals surface area (Å²) in [6, 6.07) is 12.3. The molecule has 0 bridgehead atoms. The van der Waals surface area contributed by atoms with Gasteiger partial charge in [0, 0.05) is 41.8 Å². The zero-order valence-corrected chi connectivity index (χ0v) is 22.6. The summed E-state index contributed by atoms with van der Waals surface area (Å²) in [6.07, 6.45) is 9.70. The van der Waals surface area contributed by atoms with E-state index < -0.39 is 6.04 Å². The fourth-order valence-corrected chi connectivity index (χ4v) is 5.41. The van der Waals surface area contributed by atoms with Gasteiger partial charge in [0.2, 0.25) is 0 Å². The largest absolute Gasteiger partial charge is 0.361 e. The van der Waals surface area contributed by atoms with Crippen LogP contribution in [0, 0.1) is 19.8 Å². The summed E-state index contributed by atoms with van der Waals surface area (Å²) in [7, 11) is 1.72. The van der Waals surface area contributed by atoms with Crippen molar-refractivity contribution in [3.05, 3.63) is 77.6 Å². The second kappa shape index (κ2) is 11.6. The number of benzene rings is 1. The van der Waals surface area contributed by atoms with E-state index in [0.29, 0.717) is 17.1 Å². The maximum absolute atomic E-state index is 13.7. The molecule has 0 saturated heterocycles. The fourth-order valence-electron chi connectivity index (χ4n) is 5.41. The topological polar surface area (TPSA) is 115 Å². The molecule has 3 heterocycles. The summed E-state index contributed by atoms with van der Waals surface area (Å²) in [5.74, 6) is 1.21. The molecule has 9 nitrogen and oxygen atoms in total. The highest BCUT2D eigenvalue weighted by Crippen LogP contribution is 2.29. The number of carbonyl (C=O) groups excluding carboxylic acids is 2. The number of ketones is 1. The highest BCUT2D eigenvalue weighted by molar-refractivity contribution is 6.04. The molecule has 1 aliphatic rings. The summed E-state index contributed by atoms with van der Waals surface area (Å²) < 4.78 is 6.79. The molecule has 4 aromatic rings. The molecule has 39 heavy (non-hydrogen) atoms. The summed E-state index contributed by atoms with van der Waals surface area (Å²) in [5.41, 5.74) is 4.55. The number of rotatable bonds is 8. The molecule has 1 fully saturated rings. The predicted octanol–water partition coefficient (Wildman–Crippen LogP) is 5.78. The third-order valence-corrected chi connectivity index (χ3v) is 7.52. The van der Waals surface area contributed by atoms with Crippen LogP contribution < -0.4 is 10.6 Å². The number of aryl methyl sites for hydroxylation is 3. The van der Waals surface area contributed by atoms with E-state index in [1.807, 2.05) is 50.2 Å². The number of amides is 1. The number of aromatic nitrogens is 4. The maximum Gasteiger partial charge on any atom is 0.270 e. The van der Waals surface area contributed by atoms with Crippen molar-refractivity contribution in [1.29, 1.82) is 0 Å². The Bertz CT molecular complexity index is 1410. The third-order valence-electron chi connectivity index (χ3n) is 7.52. The van der Waals surface area contributed by atoms with Gasteiger partial charge in [-0.2, -0.15) is 5.10 Å². The van der Waals surface area contributed by atoms with E-state index >= 15 is 0 Å². The lowest BCUT2D eigenvalue weighted by Gasteiger charge is -2.26. The van der Waals surface area contributed by atoms with Gasteiger partial charge in [0.1, 0.15) is 17.3 Å². The van der Waals surface area contributed by atoms with Crippen LogP contribution in [0.4, 0.5) is 11.5 Å². The minimum absolute atomic E-state index is 0.0640. The smallest absolute Gasteiger partial charge is 0.270 e. The normalized spacial score (nSPS) is 14.9. The van der Waals surface area contributed by atoms with Gasteiger partial charge in [-0.15, -0.1) is 0 Å². The van der Waals surface area contributed by atoms with Crippen LogP contribution >= 0.6 is 0 Å². The van der Waals surface area contributed by atoms with Crippen molar-refractivity contribution in [1.82, 2.24) is 25.2 Å². The molecule has 0 spiro atoms. The number of hydrogen-bond donors (Lipinski definition) is 2. The van der Waals surface area contributed by atoms with Gasteiger partial charge in [0.25, 0.3) is 5.91 Å². The van der Waals surface area contributed by atoms with Crippen molar-refractivity contribution < 1.29 is 14.1 Å². The molecule has 1 aromatic carbocycles. The molecule has 1 atom stereocenters. The number of Topliss-reactive ketones (excluding diaryl/α,β-unsaturated/α-hetero) is 1. The number of pyridine rings is 1. The van der Waals surface area contributed by atoms with E-state index in [-0.39, 0.29) is 17.6 Å². The Hall–Kier alpha value is -4.27. The number of nitrogens with zero attached hydrogens (tertiary/aromatic N) is 4. The quantitative estimate of drug-likeness (QED) is 0.221. The van der Waals surface area contributed by atoms with E-state index in [9.17, 15) is 9.59 Å². The molecule has 1 amide bonds. The monoisotopic (exact) mass is 526 g/mol.